The van der Waals surface area contributed by atoms with Gasteiger partial charge in [0.1, 0.15) is 16.1 Å². The van der Waals surface area contributed by atoms with Crippen LogP contribution in [0.5, 0.6) is 0 Å². The van der Waals surface area contributed by atoms with E-state index in [1.165, 1.54) is 0 Å². The first kappa shape index (κ1) is 10.1. The van der Waals surface area contributed by atoms with Gasteiger partial charge in [0.25, 0.3) is 0 Å². The highest BCUT2D eigenvalue weighted by molar-refractivity contribution is 8.27. The van der Waals surface area contributed by atoms with Crippen LogP contribution >= 0.6 is 23.4 Å². The Morgan fingerprint density at radius 1 is 1.31 bits per heavy atom. The Hall–Kier alpha value is -1.13. The van der Waals surface area contributed by atoms with Crippen molar-refractivity contribution in [2.24, 2.45) is 15.2 Å². The fourth-order valence-electron chi connectivity index (χ4n) is 1.64. The topological polar surface area (TPSA) is 37.1 Å². The van der Waals surface area contributed by atoms with Crippen LogP contribution in [-0.2, 0) is 0 Å². The molecule has 16 heavy (non-hydrogen) atoms. The molecule has 5 heteroatoms. The Balaban J connectivity index is 1.97. The Kier molecular flexibility index (Phi) is 2.33. The summed E-state index contributed by atoms with van der Waals surface area (Å²) < 4.78 is 0. The molecule has 0 saturated heterocycles. The maximum atomic E-state index is 5.95. The zero-order valence-corrected chi connectivity index (χ0v) is 10.1. The van der Waals surface area contributed by atoms with Crippen molar-refractivity contribution in [3.8, 4) is 0 Å². The van der Waals surface area contributed by atoms with E-state index in [-0.39, 0.29) is 6.04 Å². The molecule has 0 aromatic heterocycles. The van der Waals surface area contributed by atoms with Crippen LogP contribution in [0.15, 0.2) is 39.5 Å². The summed E-state index contributed by atoms with van der Waals surface area (Å²) >= 11 is 7.53. The van der Waals surface area contributed by atoms with Crippen LogP contribution in [0.4, 0.5) is 0 Å². The second-order valence-electron chi connectivity index (χ2n) is 3.63. The summed E-state index contributed by atoms with van der Waals surface area (Å²) in [5.41, 5.74) is 2.00. The molecule has 0 aliphatic carbocycles. The van der Waals surface area contributed by atoms with Crippen molar-refractivity contribution >= 4 is 39.2 Å². The summed E-state index contributed by atoms with van der Waals surface area (Å²) in [6.45, 7) is 1.95. The zero-order chi connectivity index (χ0) is 11.1. The van der Waals surface area contributed by atoms with Crippen molar-refractivity contribution in [3.63, 3.8) is 0 Å². The summed E-state index contributed by atoms with van der Waals surface area (Å²) in [6.07, 6.45) is 0. The molecule has 2 heterocycles. The van der Waals surface area contributed by atoms with Crippen molar-refractivity contribution in [1.82, 2.24) is 0 Å². The van der Waals surface area contributed by atoms with Crippen LogP contribution in [0.3, 0.4) is 0 Å². The predicted molar refractivity (Wildman–Crippen MR) is 69.9 cm³/mol. The monoisotopic (exact) mass is 249 g/mol. The molecule has 0 N–H and O–H groups in total. The van der Waals surface area contributed by atoms with E-state index in [1.54, 1.807) is 11.8 Å². The molecule has 80 valence electrons. The van der Waals surface area contributed by atoms with Crippen LogP contribution in [0.1, 0.15) is 12.5 Å². The number of rotatable bonds is 1. The number of hydrogen-bond donors (Lipinski definition) is 0. The number of nitrogens with zero attached hydrogens (tertiary/aromatic N) is 3. The molecule has 0 spiro atoms. The standard InChI is InChI=1S/C11H8ClN3S/c1-6-9-11(15-14-6)16-10(13-9)7-3-2-4-8(12)5-7/h2-5,9H,1H3/t9-/m0/s1. The van der Waals surface area contributed by atoms with Gasteiger partial charge in [-0.1, -0.05) is 23.7 Å². The van der Waals surface area contributed by atoms with Gasteiger partial charge in [-0.15, -0.1) is 5.10 Å². The van der Waals surface area contributed by atoms with Gasteiger partial charge in [0.2, 0.25) is 0 Å². The molecule has 1 aromatic rings. The Morgan fingerprint density at radius 2 is 2.19 bits per heavy atom. The van der Waals surface area contributed by atoms with Crippen LogP contribution in [0.2, 0.25) is 5.02 Å². The van der Waals surface area contributed by atoms with E-state index in [1.807, 2.05) is 31.2 Å². The van der Waals surface area contributed by atoms with Gasteiger partial charge < -0.3 is 0 Å². The largest absolute Gasteiger partial charge is 0.261 e. The lowest BCUT2D eigenvalue weighted by Crippen LogP contribution is -2.15. The third kappa shape index (κ3) is 1.58. The maximum absolute atomic E-state index is 5.95. The second-order valence-corrected chi connectivity index (χ2v) is 5.07. The lowest BCUT2D eigenvalue weighted by Gasteiger charge is -1.99. The van der Waals surface area contributed by atoms with E-state index in [0.29, 0.717) is 0 Å². The summed E-state index contributed by atoms with van der Waals surface area (Å²) in [7, 11) is 0. The number of thioether (sulfide) groups is 1. The fourth-order valence-corrected chi connectivity index (χ4v) is 2.85. The minimum absolute atomic E-state index is 0.0407. The highest BCUT2D eigenvalue weighted by atomic mass is 35.5. The molecular formula is C11H8ClN3S. The van der Waals surface area contributed by atoms with Crippen LogP contribution in [0.25, 0.3) is 0 Å². The molecule has 1 aromatic carbocycles. The Morgan fingerprint density at radius 3 is 2.94 bits per heavy atom. The van der Waals surface area contributed by atoms with E-state index in [9.17, 15) is 0 Å². The molecule has 3 rings (SSSR count). The highest BCUT2D eigenvalue weighted by Crippen LogP contribution is 2.30. The first-order chi connectivity index (χ1) is 7.74. The van der Waals surface area contributed by atoms with E-state index in [0.717, 1.165) is 26.4 Å². The molecule has 0 amide bonds. The van der Waals surface area contributed by atoms with E-state index < -0.39 is 0 Å². The number of fused-ring (bicyclic) bond motifs is 1. The first-order valence-electron chi connectivity index (χ1n) is 4.87. The van der Waals surface area contributed by atoms with Crippen molar-refractivity contribution in [1.29, 1.82) is 0 Å². The first-order valence-corrected chi connectivity index (χ1v) is 6.07. The number of aliphatic imine (C=N–C) groups is 1. The summed E-state index contributed by atoms with van der Waals surface area (Å²) in [4.78, 5) is 4.60. The van der Waals surface area contributed by atoms with Gasteiger partial charge >= 0.3 is 0 Å². The van der Waals surface area contributed by atoms with E-state index in [4.69, 9.17) is 11.6 Å². The molecule has 0 radical (unpaired) electrons. The minimum atomic E-state index is 0.0407. The number of halogens is 1. The average molecular weight is 250 g/mol. The average Bonchev–Trinajstić information content (AvgIpc) is 2.81. The smallest absolute Gasteiger partial charge is 0.141 e. The summed E-state index contributed by atoms with van der Waals surface area (Å²) in [5, 5.41) is 10.8. The Labute approximate surface area is 102 Å². The van der Waals surface area contributed by atoms with E-state index >= 15 is 0 Å². The van der Waals surface area contributed by atoms with Crippen LogP contribution in [-0.4, -0.2) is 21.8 Å². The maximum Gasteiger partial charge on any atom is 0.141 e. The molecule has 0 unspecified atom stereocenters. The Bertz CT molecular complexity index is 548. The predicted octanol–water partition coefficient (Wildman–Crippen LogP) is 2.99. The molecule has 0 bridgehead atoms. The lowest BCUT2D eigenvalue weighted by atomic mass is 10.2. The van der Waals surface area contributed by atoms with Gasteiger partial charge in [0.15, 0.2) is 0 Å². The molecule has 2 aliphatic heterocycles. The molecule has 0 fully saturated rings. The SMILES string of the molecule is CC1=NN=C2SC(c3cccc(Cl)c3)=N[C@@H]12. The van der Waals surface area contributed by atoms with Gasteiger partial charge in [0.05, 0.1) is 5.71 Å². The van der Waals surface area contributed by atoms with Crippen molar-refractivity contribution in [2.75, 3.05) is 0 Å². The van der Waals surface area contributed by atoms with Gasteiger partial charge in [-0.05, 0) is 30.8 Å². The van der Waals surface area contributed by atoms with Gasteiger partial charge in [-0.3, -0.25) is 4.99 Å². The summed E-state index contributed by atoms with van der Waals surface area (Å²) in [6, 6.07) is 7.75. The molecular weight excluding hydrogens is 242 g/mol. The molecule has 1 atom stereocenters. The quantitative estimate of drug-likeness (QED) is 0.754. The normalized spacial score (nSPS) is 22.6. The van der Waals surface area contributed by atoms with Gasteiger partial charge in [-0.25, -0.2) is 0 Å². The van der Waals surface area contributed by atoms with Crippen LogP contribution in [0, 0.1) is 0 Å². The fraction of sp³-hybridized carbons (Fsp3) is 0.182. The van der Waals surface area contributed by atoms with Crippen molar-refractivity contribution < 1.29 is 0 Å². The number of benzene rings is 1. The van der Waals surface area contributed by atoms with Crippen molar-refractivity contribution in [2.45, 2.75) is 13.0 Å². The lowest BCUT2D eigenvalue weighted by molar-refractivity contribution is 1.18. The summed E-state index contributed by atoms with van der Waals surface area (Å²) in [5.74, 6) is 0. The molecule has 0 saturated carbocycles. The highest BCUT2D eigenvalue weighted by Gasteiger charge is 2.32. The second kappa shape index (κ2) is 3.71. The molecule has 2 aliphatic rings. The van der Waals surface area contributed by atoms with Gasteiger partial charge in [0, 0.05) is 10.6 Å². The third-order valence-electron chi connectivity index (χ3n) is 2.46. The third-order valence-corrected chi connectivity index (χ3v) is 3.74. The number of hydrogen-bond acceptors (Lipinski definition) is 4. The minimum Gasteiger partial charge on any atom is -0.261 e. The van der Waals surface area contributed by atoms with Crippen molar-refractivity contribution in [3.05, 3.63) is 34.9 Å². The van der Waals surface area contributed by atoms with E-state index in [2.05, 4.69) is 15.2 Å². The zero-order valence-electron chi connectivity index (χ0n) is 8.51. The van der Waals surface area contributed by atoms with Gasteiger partial charge in [-0.2, -0.15) is 5.10 Å². The molecule has 3 nitrogen and oxygen atoms in total. The van der Waals surface area contributed by atoms with Crippen LogP contribution < -0.4 is 0 Å².